The summed E-state index contributed by atoms with van der Waals surface area (Å²) >= 11 is 0. The highest BCUT2D eigenvalue weighted by Crippen LogP contribution is 2.57. The van der Waals surface area contributed by atoms with Crippen LogP contribution in [-0.2, 0) is 21.7 Å². The number of furan rings is 4. The summed E-state index contributed by atoms with van der Waals surface area (Å²) in [5.74, 6) is 5.63. The van der Waals surface area contributed by atoms with Crippen LogP contribution in [0.15, 0.2) is 436 Å². The molecular weight excluding hydrogens is 1810 g/mol. The average molecular weight is 1910 g/mol. The molecule has 0 bridgehead atoms. The Bertz CT molecular complexity index is 9900. The average Bonchev–Trinajstić information content (AvgIpc) is 1.56. The molecule has 7 heterocycles. The number of benzene rings is 19. The quantitative estimate of drug-likeness (QED) is 0.120. The van der Waals surface area contributed by atoms with Gasteiger partial charge in [0.25, 0.3) is 0 Å². The van der Waals surface area contributed by atoms with Gasteiger partial charge in [-0.1, -0.05) is 341 Å². The van der Waals surface area contributed by atoms with E-state index in [0.29, 0.717) is 52.4 Å². The van der Waals surface area contributed by atoms with Crippen LogP contribution in [0.1, 0.15) is 99.9 Å². The first-order valence-corrected chi connectivity index (χ1v) is 50.5. The molecule has 13 heteroatoms. The van der Waals surface area contributed by atoms with Crippen LogP contribution in [0.2, 0.25) is 0 Å². The number of hydrogen-bond acceptors (Lipinski definition) is 13. The summed E-state index contributed by atoms with van der Waals surface area (Å²) in [5, 5.41) is 8.50. The lowest BCUT2D eigenvalue weighted by molar-refractivity contribution is 0.647. The van der Waals surface area contributed by atoms with Crippen molar-refractivity contribution < 1.29 is 17.7 Å². The molecular formula is C135H93N9O4. The molecule has 0 radical (unpaired) electrons. The van der Waals surface area contributed by atoms with Crippen molar-refractivity contribution in [2.75, 3.05) is 0 Å². The lowest BCUT2D eigenvalue weighted by Crippen LogP contribution is -2.15. The summed E-state index contributed by atoms with van der Waals surface area (Å²) < 4.78 is 25.5. The zero-order valence-corrected chi connectivity index (χ0v) is 82.5. The lowest BCUT2D eigenvalue weighted by atomic mass is 9.82. The summed E-state index contributed by atoms with van der Waals surface area (Å²) in [6.45, 7) is 18.4. The number of nitrogens with zero attached hydrogens (tertiary/aromatic N) is 9. The van der Waals surface area contributed by atoms with Gasteiger partial charge in [-0.2, -0.15) is 0 Å². The summed E-state index contributed by atoms with van der Waals surface area (Å²) in [5.41, 5.74) is 40.2. The lowest BCUT2D eigenvalue weighted by Gasteiger charge is -2.21. The minimum Gasteiger partial charge on any atom is -0.456 e. The van der Waals surface area contributed by atoms with Gasteiger partial charge in [-0.05, 0) is 245 Å². The molecule has 0 saturated heterocycles. The van der Waals surface area contributed by atoms with Crippen LogP contribution in [0.3, 0.4) is 0 Å². The molecule has 4 aliphatic rings. The van der Waals surface area contributed by atoms with E-state index >= 15 is 0 Å². The Morgan fingerprint density at radius 2 is 0.345 bits per heavy atom. The van der Waals surface area contributed by atoms with Crippen LogP contribution in [0.25, 0.3) is 257 Å². The predicted molar refractivity (Wildman–Crippen MR) is 599 cm³/mol. The van der Waals surface area contributed by atoms with Crippen LogP contribution in [0.5, 0.6) is 0 Å². The summed E-state index contributed by atoms with van der Waals surface area (Å²) in [7, 11) is 0. The van der Waals surface area contributed by atoms with E-state index in [1.807, 2.05) is 109 Å². The predicted octanol–water partition coefficient (Wildman–Crippen LogP) is 34.8. The van der Waals surface area contributed by atoms with Gasteiger partial charge in [0, 0.05) is 115 Å². The molecule has 7 aromatic heterocycles. The maximum absolute atomic E-state index is 6.50. The zero-order valence-electron chi connectivity index (χ0n) is 82.5. The van der Waals surface area contributed by atoms with Gasteiger partial charge >= 0.3 is 0 Å². The minimum atomic E-state index is -0.122. The molecule has 19 aromatic carbocycles. The third kappa shape index (κ3) is 14.3. The Kier molecular flexibility index (Phi) is 19.7. The van der Waals surface area contributed by atoms with E-state index in [4.69, 9.17) is 62.5 Å². The molecule has 0 fully saturated rings. The van der Waals surface area contributed by atoms with E-state index < -0.39 is 0 Å². The summed E-state index contributed by atoms with van der Waals surface area (Å²) in [4.78, 5) is 45.7. The van der Waals surface area contributed by atoms with Crippen molar-refractivity contribution in [1.29, 1.82) is 0 Å². The van der Waals surface area contributed by atoms with Crippen molar-refractivity contribution in [2.24, 2.45) is 0 Å². The monoisotopic (exact) mass is 1900 g/mol. The fourth-order valence-electron chi connectivity index (χ4n) is 23.4. The van der Waals surface area contributed by atoms with Crippen molar-refractivity contribution in [3.05, 3.63) is 463 Å². The standard InChI is InChI=1S/C48H33N3O.C45H33N3O.C42H27N3O2/c1-48(2)41-22-10-9-21-37(41)38-28-40-39-27-36(23-24-43(39)52-44(40)29-42(38)48)47-50-45(34-19-11-17-32(25-34)30-13-5-3-6-14-30)49-46(51-47)35-20-12-18-33(26-35)31-15-7-4-8-16-31;1-44(2)35-16-10-8-14-29(35)31-20-18-28(23-37(31)44)43-47-41(26-12-6-5-7-13-26)46-42(48-43)27-19-21-39-33(22-27)34-24-32-30-15-9-11-17-36(30)45(3,4)38(32)25-40(34)49-39;1-42(2)33-14-8-6-12-27(33)29-22-32-31-21-26(17-19-37(31)47-38(32)23-34(29)42)41-44-39(24-10-4-3-5-11-24)43-40(45-41)25-16-18-36-30(20-25)28-13-7-9-15-35(28)46-36/h3-29H,1-2H3;5-25H,1-4H3;3-23H,1-2H3. The van der Waals surface area contributed by atoms with Gasteiger partial charge in [0.2, 0.25) is 0 Å². The molecule has 0 atom stereocenters. The number of para-hydroxylation sites is 1. The van der Waals surface area contributed by atoms with Gasteiger partial charge in [-0.25, -0.2) is 44.9 Å². The number of fused-ring (bicyclic) bond motifs is 24. The maximum atomic E-state index is 6.50. The first-order valence-electron chi connectivity index (χ1n) is 50.5. The first-order chi connectivity index (χ1) is 72.3. The second-order valence-corrected chi connectivity index (χ2v) is 41.4. The third-order valence-corrected chi connectivity index (χ3v) is 31.2. The fourth-order valence-corrected chi connectivity index (χ4v) is 23.4. The molecule has 30 rings (SSSR count). The third-order valence-electron chi connectivity index (χ3n) is 31.2. The second kappa shape index (κ2) is 33.5. The topological polar surface area (TPSA) is 169 Å². The molecule has 0 amide bonds. The van der Waals surface area contributed by atoms with Gasteiger partial charge < -0.3 is 17.7 Å². The first kappa shape index (κ1) is 87.2. The zero-order chi connectivity index (χ0) is 99.2. The van der Waals surface area contributed by atoms with E-state index in [1.165, 1.54) is 89.0 Å². The molecule has 0 spiro atoms. The molecule has 0 aliphatic heterocycles. The van der Waals surface area contributed by atoms with Crippen LogP contribution < -0.4 is 0 Å². The fraction of sp³-hybridized carbons (Fsp3) is 0.0889. The van der Waals surface area contributed by atoms with Crippen molar-refractivity contribution in [3.63, 3.8) is 0 Å². The van der Waals surface area contributed by atoms with Gasteiger partial charge in [0.05, 0.1) is 0 Å². The molecule has 4 aliphatic carbocycles. The number of rotatable bonds is 11. The molecule has 148 heavy (non-hydrogen) atoms. The van der Waals surface area contributed by atoms with E-state index in [2.05, 4.69) is 365 Å². The summed E-state index contributed by atoms with van der Waals surface area (Å²) in [6, 6.07) is 146. The maximum Gasteiger partial charge on any atom is 0.164 e. The molecule has 0 unspecified atom stereocenters. The number of hydrogen-bond donors (Lipinski definition) is 0. The highest BCUT2D eigenvalue weighted by atomic mass is 16.3. The Balaban J connectivity index is 0.000000107. The largest absolute Gasteiger partial charge is 0.456 e. The second-order valence-electron chi connectivity index (χ2n) is 41.4. The summed E-state index contributed by atoms with van der Waals surface area (Å²) in [6.07, 6.45) is 0. The molecule has 0 saturated carbocycles. The van der Waals surface area contributed by atoms with Crippen LogP contribution in [0, 0.1) is 0 Å². The Hall–Kier alpha value is -18.6. The van der Waals surface area contributed by atoms with Crippen LogP contribution in [0.4, 0.5) is 0 Å². The van der Waals surface area contributed by atoms with Crippen molar-refractivity contribution in [2.45, 2.75) is 77.0 Å². The molecule has 13 nitrogen and oxygen atoms in total. The van der Waals surface area contributed by atoms with Gasteiger partial charge in [0.15, 0.2) is 52.4 Å². The van der Waals surface area contributed by atoms with Gasteiger partial charge in [-0.3, -0.25) is 0 Å². The van der Waals surface area contributed by atoms with Crippen LogP contribution >= 0.6 is 0 Å². The van der Waals surface area contributed by atoms with Crippen molar-refractivity contribution in [3.8, 4) is 169 Å². The smallest absolute Gasteiger partial charge is 0.164 e. The van der Waals surface area contributed by atoms with E-state index in [1.54, 1.807) is 0 Å². The Morgan fingerprint density at radius 3 is 0.682 bits per heavy atom. The molecule has 26 aromatic rings. The normalized spacial score (nSPS) is 13.8. The number of aromatic nitrogens is 9. The molecule has 702 valence electrons. The highest BCUT2D eigenvalue weighted by molar-refractivity contribution is 6.13. The Morgan fingerprint density at radius 1 is 0.128 bits per heavy atom. The van der Waals surface area contributed by atoms with Crippen molar-refractivity contribution >= 4 is 87.8 Å². The van der Waals surface area contributed by atoms with E-state index in [9.17, 15) is 0 Å². The van der Waals surface area contributed by atoms with E-state index in [-0.39, 0.29) is 21.7 Å². The van der Waals surface area contributed by atoms with Crippen LogP contribution in [-0.4, -0.2) is 44.9 Å². The van der Waals surface area contributed by atoms with Gasteiger partial charge in [-0.15, -0.1) is 0 Å². The van der Waals surface area contributed by atoms with Crippen molar-refractivity contribution in [1.82, 2.24) is 44.9 Å². The highest BCUT2D eigenvalue weighted by Gasteiger charge is 2.41. The minimum absolute atomic E-state index is 0.0884. The van der Waals surface area contributed by atoms with E-state index in [0.717, 1.165) is 160 Å². The SMILES string of the molecule is CC1(C)c2ccccc2-c2cc3c(cc21)oc1ccc(-c2nc(-c4cccc(-c5ccccc5)c4)nc(-c4cccc(-c5ccccc5)c4)n2)cc13.CC1(C)c2ccccc2-c2cc3c(cc21)oc1ccc(-c2nc(-c4ccccc4)nc(-c4ccc5oc6ccccc6c5c4)n2)cc13.CC1(C)c2ccccc2-c2ccc(-c3nc(-c4ccccc4)nc(-c4ccc5oc6cc7c(cc6c5c4)-c4ccccc4C7(C)C)n3)cc21. The molecule has 0 N–H and O–H groups in total. The van der Waals surface area contributed by atoms with Gasteiger partial charge in [0.1, 0.15) is 44.7 Å². The Labute approximate surface area is 853 Å².